The van der Waals surface area contributed by atoms with Crippen molar-refractivity contribution < 1.29 is 19.0 Å². The van der Waals surface area contributed by atoms with Gasteiger partial charge >= 0.3 is 0 Å². The molecule has 0 amide bonds. The van der Waals surface area contributed by atoms with Crippen LogP contribution in [0.15, 0.2) is 48.5 Å². The summed E-state index contributed by atoms with van der Waals surface area (Å²) in [6, 6.07) is 14.0. The Labute approximate surface area is 143 Å². The Morgan fingerprint density at radius 1 is 1.16 bits per heavy atom. The molecule has 0 atom stereocenters. The molecule has 25 heavy (non-hydrogen) atoms. The smallest absolute Gasteiger partial charge is 0.278 e. The molecule has 0 spiro atoms. The number of hydrogen-bond acceptors (Lipinski definition) is 6. The Morgan fingerprint density at radius 2 is 2.00 bits per heavy atom. The number of benzene rings is 2. The lowest BCUT2D eigenvalue weighted by atomic mass is 10.1. The zero-order valence-corrected chi connectivity index (χ0v) is 13.4. The number of ether oxygens (including phenoxy) is 3. The lowest BCUT2D eigenvalue weighted by Gasteiger charge is -2.08. The van der Waals surface area contributed by atoms with Gasteiger partial charge in [0.25, 0.3) is 5.91 Å². The van der Waals surface area contributed by atoms with E-state index in [1.165, 1.54) is 4.68 Å². The van der Waals surface area contributed by atoms with E-state index in [-0.39, 0.29) is 18.5 Å². The number of nitrogens with two attached hydrogens (primary N) is 1. The second kappa shape index (κ2) is 5.86. The van der Waals surface area contributed by atoms with Crippen LogP contribution in [0.25, 0.3) is 11.3 Å². The van der Waals surface area contributed by atoms with Crippen molar-refractivity contribution >= 4 is 11.7 Å². The van der Waals surface area contributed by atoms with E-state index >= 15 is 0 Å². The van der Waals surface area contributed by atoms with Gasteiger partial charge in [-0.1, -0.05) is 12.1 Å². The van der Waals surface area contributed by atoms with Crippen molar-refractivity contribution in [3.05, 3.63) is 54.1 Å². The van der Waals surface area contributed by atoms with Crippen LogP contribution in [0.4, 0.5) is 5.82 Å². The van der Waals surface area contributed by atoms with E-state index < -0.39 is 0 Å². The molecule has 2 heterocycles. The molecule has 0 bridgehead atoms. The predicted molar refractivity (Wildman–Crippen MR) is 90.9 cm³/mol. The summed E-state index contributed by atoms with van der Waals surface area (Å²) < 4.78 is 17.1. The third-order valence-corrected chi connectivity index (χ3v) is 3.91. The average Bonchev–Trinajstić information content (AvgIpc) is 3.26. The molecule has 1 aliphatic heterocycles. The molecule has 2 aromatic carbocycles. The first-order chi connectivity index (χ1) is 12.2. The van der Waals surface area contributed by atoms with Crippen LogP contribution in [0, 0.1) is 0 Å². The van der Waals surface area contributed by atoms with Crippen LogP contribution in [-0.4, -0.2) is 29.6 Å². The Hall–Kier alpha value is -3.48. The van der Waals surface area contributed by atoms with Crippen molar-refractivity contribution in [2.75, 3.05) is 19.6 Å². The van der Waals surface area contributed by atoms with Crippen LogP contribution in [0.3, 0.4) is 0 Å². The van der Waals surface area contributed by atoms with Gasteiger partial charge in [-0.3, -0.25) is 4.79 Å². The molecule has 0 radical (unpaired) electrons. The first-order valence-corrected chi connectivity index (χ1v) is 7.60. The van der Waals surface area contributed by atoms with Gasteiger partial charge in [-0.25, -0.2) is 0 Å². The van der Waals surface area contributed by atoms with Gasteiger partial charge < -0.3 is 19.9 Å². The third kappa shape index (κ3) is 2.65. The van der Waals surface area contributed by atoms with Crippen molar-refractivity contribution in [1.82, 2.24) is 9.78 Å². The van der Waals surface area contributed by atoms with Crippen LogP contribution in [0.5, 0.6) is 17.2 Å². The summed E-state index contributed by atoms with van der Waals surface area (Å²) in [7, 11) is 1.59. The summed E-state index contributed by atoms with van der Waals surface area (Å²) in [5, 5.41) is 4.14. The Kier molecular flexibility index (Phi) is 3.53. The third-order valence-electron chi connectivity index (χ3n) is 3.91. The maximum absolute atomic E-state index is 12.9. The molecule has 0 saturated carbocycles. The highest BCUT2D eigenvalue weighted by Gasteiger charge is 2.20. The Bertz CT molecular complexity index is 965. The molecule has 0 aliphatic carbocycles. The molecule has 7 heteroatoms. The van der Waals surface area contributed by atoms with Crippen molar-refractivity contribution in [1.29, 1.82) is 0 Å². The van der Waals surface area contributed by atoms with E-state index in [2.05, 4.69) is 5.10 Å². The summed E-state index contributed by atoms with van der Waals surface area (Å²) >= 11 is 0. The van der Waals surface area contributed by atoms with Crippen LogP contribution >= 0.6 is 0 Å². The second-order valence-electron chi connectivity index (χ2n) is 5.47. The Morgan fingerprint density at radius 3 is 2.84 bits per heavy atom. The number of carbonyl (C=O) groups excluding carboxylic acids is 1. The van der Waals surface area contributed by atoms with Crippen molar-refractivity contribution in [2.24, 2.45) is 0 Å². The van der Waals surface area contributed by atoms with Gasteiger partial charge in [0, 0.05) is 17.2 Å². The van der Waals surface area contributed by atoms with Gasteiger partial charge in [0.1, 0.15) is 11.6 Å². The first kappa shape index (κ1) is 15.1. The monoisotopic (exact) mass is 337 g/mol. The fraction of sp³-hybridized carbons (Fsp3) is 0.111. The van der Waals surface area contributed by atoms with Crippen LogP contribution in [-0.2, 0) is 0 Å². The molecular formula is C18H15N3O4. The first-order valence-electron chi connectivity index (χ1n) is 7.60. The minimum atomic E-state index is -0.312. The number of rotatable bonds is 3. The number of aromatic nitrogens is 2. The van der Waals surface area contributed by atoms with E-state index in [0.29, 0.717) is 28.5 Å². The lowest BCUT2D eigenvalue weighted by molar-refractivity contribution is 0.0947. The molecular weight excluding hydrogens is 322 g/mol. The maximum Gasteiger partial charge on any atom is 0.278 e. The van der Waals surface area contributed by atoms with E-state index in [1.54, 1.807) is 31.4 Å². The number of carbonyl (C=O) groups is 1. The van der Waals surface area contributed by atoms with Crippen LogP contribution in [0.1, 0.15) is 10.4 Å². The van der Waals surface area contributed by atoms with Crippen molar-refractivity contribution in [2.45, 2.75) is 0 Å². The largest absolute Gasteiger partial charge is 0.497 e. The summed E-state index contributed by atoms with van der Waals surface area (Å²) in [6.45, 7) is 0.150. The zero-order valence-electron chi connectivity index (χ0n) is 13.4. The zero-order chi connectivity index (χ0) is 17.4. The fourth-order valence-corrected chi connectivity index (χ4v) is 2.69. The highest BCUT2D eigenvalue weighted by molar-refractivity contribution is 5.98. The summed E-state index contributed by atoms with van der Waals surface area (Å²) in [4.78, 5) is 12.9. The van der Waals surface area contributed by atoms with Gasteiger partial charge in [-0.05, 0) is 30.3 Å². The van der Waals surface area contributed by atoms with Gasteiger partial charge in [-0.15, -0.1) is 5.10 Å². The van der Waals surface area contributed by atoms with Crippen LogP contribution in [0.2, 0.25) is 0 Å². The predicted octanol–water partition coefficient (Wildman–Crippen LogP) is 2.56. The van der Waals surface area contributed by atoms with Gasteiger partial charge in [0.15, 0.2) is 11.5 Å². The number of fused-ring (bicyclic) bond motifs is 1. The number of hydrogen-bond donors (Lipinski definition) is 1. The molecule has 3 aromatic rings. The second-order valence-corrected chi connectivity index (χ2v) is 5.47. The van der Waals surface area contributed by atoms with E-state index in [4.69, 9.17) is 19.9 Å². The van der Waals surface area contributed by atoms with Crippen molar-refractivity contribution in [3.63, 3.8) is 0 Å². The Balaban J connectivity index is 1.76. The molecule has 2 N–H and O–H groups in total. The molecule has 7 nitrogen and oxygen atoms in total. The van der Waals surface area contributed by atoms with Gasteiger partial charge in [-0.2, -0.15) is 4.68 Å². The molecule has 0 fully saturated rings. The molecule has 0 saturated heterocycles. The molecule has 4 rings (SSSR count). The molecule has 126 valence electrons. The standard InChI is InChI=1S/C18H15N3O4/c1-23-13-4-2-3-11(7-13)14-9-17(19)20-21(14)18(22)12-5-6-15-16(8-12)25-10-24-15/h2-9H,10H2,1H3,(H2,19,20). The van der Waals surface area contributed by atoms with E-state index in [1.807, 2.05) is 24.3 Å². The highest BCUT2D eigenvalue weighted by atomic mass is 16.7. The SMILES string of the molecule is COc1cccc(-c2cc(N)nn2C(=O)c2ccc3c(c2)OCO3)c1. The molecule has 0 unspecified atom stereocenters. The topological polar surface area (TPSA) is 88.6 Å². The average molecular weight is 337 g/mol. The van der Waals surface area contributed by atoms with E-state index in [9.17, 15) is 4.79 Å². The fourth-order valence-electron chi connectivity index (χ4n) is 2.69. The lowest BCUT2D eigenvalue weighted by Crippen LogP contribution is -2.15. The molecule has 1 aromatic heterocycles. The number of nitrogens with zero attached hydrogens (tertiary/aromatic N) is 2. The number of nitrogen functional groups attached to an aromatic ring is 1. The minimum absolute atomic E-state index is 0.150. The summed E-state index contributed by atoms with van der Waals surface area (Å²) in [6.07, 6.45) is 0. The maximum atomic E-state index is 12.9. The normalized spacial score (nSPS) is 12.2. The molecule has 1 aliphatic rings. The minimum Gasteiger partial charge on any atom is -0.497 e. The number of methoxy groups -OCH3 is 1. The highest BCUT2D eigenvalue weighted by Crippen LogP contribution is 2.33. The van der Waals surface area contributed by atoms with Gasteiger partial charge in [0.05, 0.1) is 12.8 Å². The van der Waals surface area contributed by atoms with E-state index in [0.717, 1.165) is 5.56 Å². The summed E-state index contributed by atoms with van der Waals surface area (Å²) in [5.41, 5.74) is 7.62. The van der Waals surface area contributed by atoms with Gasteiger partial charge in [0.2, 0.25) is 6.79 Å². The quantitative estimate of drug-likeness (QED) is 0.790. The van der Waals surface area contributed by atoms with Crippen molar-refractivity contribution in [3.8, 4) is 28.5 Å². The number of anilines is 1. The van der Waals surface area contributed by atoms with Crippen LogP contribution < -0.4 is 19.9 Å². The summed E-state index contributed by atoms with van der Waals surface area (Å²) in [5.74, 6) is 1.78.